The number of carbonyl (C=O) groups excluding carboxylic acids is 2. The fourth-order valence-electron chi connectivity index (χ4n) is 3.85. The standard InChI is InChI=1S/C27H38ClN3O5S/c1-7-20(3)29-27(33)21(4)30(18-22-10-8-11-24(16-22)36-5)26(32)12-9-15-31(37(6,34)35)25-17-23(28)14-13-19(25)2/h8,10-11,13-14,16-17,20-21H,7,9,12,15,18H2,1-6H3,(H,29,33)/t20-,21+/m1/s1. The van der Waals surface area contributed by atoms with Gasteiger partial charge in [0.05, 0.1) is 19.1 Å². The van der Waals surface area contributed by atoms with Gasteiger partial charge in [-0.15, -0.1) is 0 Å². The van der Waals surface area contributed by atoms with E-state index >= 15 is 0 Å². The van der Waals surface area contributed by atoms with E-state index in [0.29, 0.717) is 16.5 Å². The minimum Gasteiger partial charge on any atom is -0.497 e. The third-order valence-corrected chi connectivity index (χ3v) is 7.66. The first kappa shape index (κ1) is 30.4. The molecule has 0 aliphatic carbocycles. The summed E-state index contributed by atoms with van der Waals surface area (Å²) in [6.07, 6.45) is 2.24. The van der Waals surface area contributed by atoms with E-state index in [1.807, 2.05) is 45.0 Å². The number of methoxy groups -OCH3 is 1. The maximum Gasteiger partial charge on any atom is 0.242 e. The Morgan fingerprint density at radius 1 is 1.14 bits per heavy atom. The number of nitrogens with zero attached hydrogens (tertiary/aromatic N) is 2. The highest BCUT2D eigenvalue weighted by Gasteiger charge is 2.27. The third-order valence-electron chi connectivity index (χ3n) is 6.25. The van der Waals surface area contributed by atoms with E-state index in [9.17, 15) is 18.0 Å². The molecule has 2 rings (SSSR count). The molecule has 0 saturated heterocycles. The van der Waals surface area contributed by atoms with Gasteiger partial charge in [0.1, 0.15) is 11.8 Å². The summed E-state index contributed by atoms with van der Waals surface area (Å²) in [6, 6.07) is 11.7. The first-order valence-corrected chi connectivity index (χ1v) is 14.6. The van der Waals surface area contributed by atoms with Crippen molar-refractivity contribution in [3.63, 3.8) is 0 Å². The molecule has 0 aliphatic rings. The Labute approximate surface area is 226 Å². The molecule has 2 aromatic rings. The smallest absolute Gasteiger partial charge is 0.242 e. The SMILES string of the molecule is CC[C@@H](C)NC(=O)[C@H](C)N(Cc1cccc(OC)c1)C(=O)CCCN(c1cc(Cl)ccc1C)S(C)(=O)=O. The number of halogens is 1. The zero-order valence-corrected chi connectivity index (χ0v) is 24.0. The molecule has 8 nitrogen and oxygen atoms in total. The van der Waals surface area contributed by atoms with Gasteiger partial charge in [-0.1, -0.05) is 36.7 Å². The lowest BCUT2D eigenvalue weighted by atomic mass is 10.1. The molecule has 0 bridgehead atoms. The van der Waals surface area contributed by atoms with E-state index in [4.69, 9.17) is 16.3 Å². The molecular formula is C27H38ClN3O5S. The van der Waals surface area contributed by atoms with Crippen molar-refractivity contribution in [2.24, 2.45) is 0 Å². The van der Waals surface area contributed by atoms with Crippen LogP contribution >= 0.6 is 11.6 Å². The Morgan fingerprint density at radius 2 is 1.84 bits per heavy atom. The number of nitrogens with one attached hydrogen (secondary N) is 1. The monoisotopic (exact) mass is 551 g/mol. The van der Waals surface area contributed by atoms with Crippen LogP contribution in [0.3, 0.4) is 0 Å². The lowest BCUT2D eigenvalue weighted by Crippen LogP contribution is -2.49. The fourth-order valence-corrected chi connectivity index (χ4v) is 5.03. The molecule has 2 amide bonds. The lowest BCUT2D eigenvalue weighted by Gasteiger charge is -2.30. The molecule has 2 aromatic carbocycles. The van der Waals surface area contributed by atoms with Crippen molar-refractivity contribution in [2.75, 3.05) is 24.2 Å². The Morgan fingerprint density at radius 3 is 2.46 bits per heavy atom. The highest BCUT2D eigenvalue weighted by molar-refractivity contribution is 7.92. The van der Waals surface area contributed by atoms with Gasteiger partial charge in [0.15, 0.2) is 0 Å². The van der Waals surface area contributed by atoms with Gasteiger partial charge >= 0.3 is 0 Å². The predicted octanol–water partition coefficient (Wildman–Crippen LogP) is 4.54. The first-order chi connectivity index (χ1) is 17.4. The molecule has 37 heavy (non-hydrogen) atoms. The summed E-state index contributed by atoms with van der Waals surface area (Å²) in [5.41, 5.74) is 2.07. The summed E-state index contributed by atoms with van der Waals surface area (Å²) in [4.78, 5) is 27.9. The minimum absolute atomic E-state index is 0.0204. The van der Waals surface area contributed by atoms with Crippen LogP contribution in [0.2, 0.25) is 5.02 Å². The number of amides is 2. The van der Waals surface area contributed by atoms with Crippen molar-refractivity contribution in [3.8, 4) is 5.75 Å². The van der Waals surface area contributed by atoms with E-state index in [1.54, 1.807) is 32.2 Å². The molecule has 0 radical (unpaired) electrons. The third kappa shape index (κ3) is 8.93. The molecule has 0 saturated carbocycles. The number of benzene rings is 2. The van der Waals surface area contributed by atoms with Crippen LogP contribution in [0.25, 0.3) is 0 Å². The predicted molar refractivity (Wildman–Crippen MR) is 149 cm³/mol. The molecule has 0 spiro atoms. The van der Waals surface area contributed by atoms with Gasteiger partial charge in [0, 0.05) is 30.6 Å². The van der Waals surface area contributed by atoms with Crippen LogP contribution in [0.5, 0.6) is 5.75 Å². The van der Waals surface area contributed by atoms with Gasteiger partial charge in [-0.2, -0.15) is 0 Å². The second kappa shape index (κ2) is 13.7. The molecule has 204 valence electrons. The van der Waals surface area contributed by atoms with E-state index in [-0.39, 0.29) is 43.8 Å². The van der Waals surface area contributed by atoms with Crippen molar-refractivity contribution in [3.05, 3.63) is 58.6 Å². The van der Waals surface area contributed by atoms with Crippen LogP contribution < -0.4 is 14.4 Å². The Balaban J connectivity index is 2.23. The molecular weight excluding hydrogens is 514 g/mol. The number of hydrogen-bond acceptors (Lipinski definition) is 5. The molecule has 1 N–H and O–H groups in total. The molecule has 10 heteroatoms. The zero-order chi connectivity index (χ0) is 27.8. The Bertz CT molecular complexity index is 1190. The van der Waals surface area contributed by atoms with E-state index in [0.717, 1.165) is 23.8 Å². The number of anilines is 1. The highest BCUT2D eigenvalue weighted by Crippen LogP contribution is 2.27. The average Bonchev–Trinajstić information content (AvgIpc) is 2.85. The summed E-state index contributed by atoms with van der Waals surface area (Å²) < 4.78 is 31.7. The average molecular weight is 552 g/mol. The molecule has 0 aromatic heterocycles. The molecule has 2 atom stereocenters. The highest BCUT2D eigenvalue weighted by atomic mass is 35.5. The van der Waals surface area contributed by atoms with Crippen LogP contribution in [-0.4, -0.2) is 57.1 Å². The van der Waals surface area contributed by atoms with Gasteiger partial charge in [0.25, 0.3) is 0 Å². The molecule has 0 aliphatic heterocycles. The van der Waals surface area contributed by atoms with Crippen molar-refractivity contribution in [2.45, 2.75) is 65.6 Å². The Kier molecular flexibility index (Phi) is 11.3. The van der Waals surface area contributed by atoms with Crippen LogP contribution in [0.1, 0.15) is 51.2 Å². The summed E-state index contributed by atoms with van der Waals surface area (Å²) in [6.45, 7) is 7.72. The van der Waals surface area contributed by atoms with Crippen LogP contribution in [0, 0.1) is 6.92 Å². The number of sulfonamides is 1. The quantitative estimate of drug-likeness (QED) is 0.394. The second-order valence-electron chi connectivity index (χ2n) is 9.24. The van der Waals surface area contributed by atoms with E-state index in [2.05, 4.69) is 5.32 Å². The summed E-state index contributed by atoms with van der Waals surface area (Å²) >= 11 is 6.12. The van der Waals surface area contributed by atoms with E-state index in [1.165, 1.54) is 9.21 Å². The van der Waals surface area contributed by atoms with Crippen molar-refractivity contribution in [1.82, 2.24) is 10.2 Å². The van der Waals surface area contributed by atoms with E-state index < -0.39 is 16.1 Å². The maximum absolute atomic E-state index is 13.4. The van der Waals surface area contributed by atoms with Gasteiger partial charge in [-0.3, -0.25) is 13.9 Å². The number of hydrogen-bond donors (Lipinski definition) is 1. The van der Waals surface area contributed by atoms with Gasteiger partial charge in [-0.05, 0) is 69.0 Å². The van der Waals surface area contributed by atoms with Crippen LogP contribution in [-0.2, 0) is 26.2 Å². The number of rotatable bonds is 13. The number of ether oxygens (including phenoxy) is 1. The molecule has 0 heterocycles. The molecule has 0 fully saturated rings. The van der Waals surface area contributed by atoms with Gasteiger partial charge < -0.3 is 15.0 Å². The summed E-state index contributed by atoms with van der Waals surface area (Å²) in [5, 5.41) is 3.37. The van der Waals surface area contributed by atoms with Crippen molar-refractivity contribution < 1.29 is 22.7 Å². The number of aryl methyl sites for hydroxylation is 1. The molecule has 0 unspecified atom stereocenters. The normalized spacial score (nSPS) is 12.9. The second-order valence-corrected chi connectivity index (χ2v) is 11.6. The Hall–Kier alpha value is -2.78. The number of carbonyl (C=O) groups is 2. The van der Waals surface area contributed by atoms with Crippen molar-refractivity contribution in [1.29, 1.82) is 0 Å². The van der Waals surface area contributed by atoms with Gasteiger partial charge in [-0.25, -0.2) is 8.42 Å². The van der Waals surface area contributed by atoms with Crippen LogP contribution in [0.15, 0.2) is 42.5 Å². The van der Waals surface area contributed by atoms with Crippen LogP contribution in [0.4, 0.5) is 5.69 Å². The van der Waals surface area contributed by atoms with Gasteiger partial charge in [0.2, 0.25) is 21.8 Å². The minimum atomic E-state index is -3.61. The largest absolute Gasteiger partial charge is 0.497 e. The summed E-state index contributed by atoms with van der Waals surface area (Å²) in [7, 11) is -2.04. The maximum atomic E-state index is 13.4. The first-order valence-electron chi connectivity index (χ1n) is 12.3. The zero-order valence-electron chi connectivity index (χ0n) is 22.5. The summed E-state index contributed by atoms with van der Waals surface area (Å²) in [5.74, 6) is 0.172. The van der Waals surface area contributed by atoms with Crippen molar-refractivity contribution >= 4 is 39.1 Å². The fraction of sp³-hybridized carbons (Fsp3) is 0.481. The lowest BCUT2D eigenvalue weighted by molar-refractivity contribution is -0.140. The topological polar surface area (TPSA) is 96.0 Å².